The lowest BCUT2D eigenvalue weighted by molar-refractivity contribution is 0.0472. The number of esters is 1. The maximum absolute atomic E-state index is 11.9. The molecular weight excluding hydrogens is 228 g/mol. The van der Waals surface area contributed by atoms with Crippen LogP contribution < -0.4 is 5.73 Å². The second-order valence-electron chi connectivity index (χ2n) is 3.95. The van der Waals surface area contributed by atoms with Crippen molar-refractivity contribution >= 4 is 11.7 Å². The van der Waals surface area contributed by atoms with E-state index in [0.29, 0.717) is 11.3 Å². The van der Waals surface area contributed by atoms with Crippen LogP contribution in [0.5, 0.6) is 0 Å². The Morgan fingerprint density at radius 3 is 2.72 bits per heavy atom. The first kappa shape index (κ1) is 12.1. The van der Waals surface area contributed by atoms with Crippen LogP contribution in [-0.2, 0) is 11.3 Å². The molecule has 0 unspecified atom stereocenters. The van der Waals surface area contributed by atoms with E-state index in [2.05, 4.69) is 4.98 Å². The predicted molar refractivity (Wildman–Crippen MR) is 68.9 cm³/mol. The van der Waals surface area contributed by atoms with Crippen LogP contribution in [0.1, 0.15) is 21.5 Å². The van der Waals surface area contributed by atoms with Gasteiger partial charge in [-0.25, -0.2) is 4.79 Å². The summed E-state index contributed by atoms with van der Waals surface area (Å²) in [5, 5.41) is 0. The average molecular weight is 242 g/mol. The van der Waals surface area contributed by atoms with E-state index in [1.165, 1.54) is 0 Å². The third-order valence-electron chi connectivity index (χ3n) is 2.71. The molecule has 2 N–H and O–H groups in total. The summed E-state index contributed by atoms with van der Waals surface area (Å²) in [4.78, 5) is 15.8. The van der Waals surface area contributed by atoms with E-state index in [0.717, 1.165) is 11.1 Å². The molecule has 0 aliphatic carbocycles. The van der Waals surface area contributed by atoms with Gasteiger partial charge in [0.1, 0.15) is 6.61 Å². The highest BCUT2D eigenvalue weighted by Gasteiger charge is 2.11. The number of nitrogens with zero attached hydrogens (tertiary/aromatic N) is 1. The summed E-state index contributed by atoms with van der Waals surface area (Å²) in [6.45, 7) is 2.04. The lowest BCUT2D eigenvalue weighted by Crippen LogP contribution is -2.08. The minimum Gasteiger partial charge on any atom is -0.457 e. The number of carbonyl (C=O) groups is 1. The molecule has 0 spiro atoms. The fourth-order valence-corrected chi connectivity index (χ4v) is 1.58. The second-order valence-corrected chi connectivity index (χ2v) is 3.95. The maximum atomic E-state index is 11.9. The Labute approximate surface area is 105 Å². The largest absolute Gasteiger partial charge is 0.457 e. The third-order valence-corrected chi connectivity index (χ3v) is 2.71. The van der Waals surface area contributed by atoms with Crippen molar-refractivity contribution in [3.8, 4) is 0 Å². The Morgan fingerprint density at radius 2 is 2.00 bits per heavy atom. The van der Waals surface area contributed by atoms with Crippen molar-refractivity contribution in [1.82, 2.24) is 4.98 Å². The zero-order valence-electron chi connectivity index (χ0n) is 10.1. The topological polar surface area (TPSA) is 65.2 Å². The summed E-state index contributed by atoms with van der Waals surface area (Å²) in [5.74, 6) is -0.364. The molecule has 0 aliphatic rings. The number of nitrogens with two attached hydrogens (primary N) is 1. The van der Waals surface area contributed by atoms with Gasteiger partial charge in [-0.3, -0.25) is 4.98 Å². The zero-order valence-corrected chi connectivity index (χ0v) is 10.1. The molecule has 2 aromatic rings. The number of aromatic nitrogens is 1. The molecule has 4 heteroatoms. The van der Waals surface area contributed by atoms with Gasteiger partial charge in [0, 0.05) is 18.1 Å². The molecule has 0 aliphatic heterocycles. The molecule has 2 rings (SSSR count). The molecule has 1 heterocycles. The number of rotatable bonds is 3. The molecule has 0 bridgehead atoms. The lowest BCUT2D eigenvalue weighted by Gasteiger charge is -2.08. The van der Waals surface area contributed by atoms with Gasteiger partial charge in [-0.2, -0.15) is 0 Å². The smallest absolute Gasteiger partial charge is 0.338 e. The van der Waals surface area contributed by atoms with Gasteiger partial charge in [0.25, 0.3) is 0 Å². The van der Waals surface area contributed by atoms with Crippen molar-refractivity contribution in [3.05, 3.63) is 59.4 Å². The first-order valence-electron chi connectivity index (χ1n) is 5.59. The van der Waals surface area contributed by atoms with Gasteiger partial charge in [-0.15, -0.1) is 0 Å². The van der Waals surface area contributed by atoms with Crippen LogP contribution >= 0.6 is 0 Å². The van der Waals surface area contributed by atoms with Crippen LogP contribution in [0.25, 0.3) is 0 Å². The van der Waals surface area contributed by atoms with E-state index < -0.39 is 0 Å². The molecule has 0 radical (unpaired) electrons. The van der Waals surface area contributed by atoms with Crippen LogP contribution in [0.15, 0.2) is 42.7 Å². The third kappa shape index (κ3) is 2.66. The van der Waals surface area contributed by atoms with Crippen LogP contribution in [0.3, 0.4) is 0 Å². The minimum atomic E-state index is -0.364. The van der Waals surface area contributed by atoms with E-state index in [1.807, 2.05) is 0 Å². The van der Waals surface area contributed by atoms with Crippen molar-refractivity contribution < 1.29 is 9.53 Å². The predicted octanol–water partition coefficient (Wildman–Crippen LogP) is 2.33. The molecule has 0 amide bonds. The number of carbonyl (C=O) groups excluding carboxylic acids is 1. The number of pyridine rings is 1. The Morgan fingerprint density at radius 1 is 1.28 bits per heavy atom. The number of ether oxygens (including phenoxy) is 1. The average Bonchev–Trinajstić information content (AvgIpc) is 2.40. The minimum absolute atomic E-state index is 0.232. The monoisotopic (exact) mass is 242 g/mol. The molecule has 0 atom stereocenters. The Balaban J connectivity index is 2.07. The number of hydrogen-bond acceptors (Lipinski definition) is 4. The van der Waals surface area contributed by atoms with Gasteiger partial charge in [0.2, 0.25) is 0 Å². The first-order valence-corrected chi connectivity index (χ1v) is 5.59. The summed E-state index contributed by atoms with van der Waals surface area (Å²) in [6.07, 6.45) is 3.32. The number of anilines is 1. The Hall–Kier alpha value is -2.36. The van der Waals surface area contributed by atoms with Crippen molar-refractivity contribution in [1.29, 1.82) is 0 Å². The standard InChI is InChI=1S/C14H14N2O2/c1-10-12(3-2-4-13(10)15)14(17)18-9-11-5-7-16-8-6-11/h2-8H,9,15H2,1H3. The van der Waals surface area contributed by atoms with Crippen molar-refractivity contribution in [2.45, 2.75) is 13.5 Å². The van der Waals surface area contributed by atoms with E-state index in [9.17, 15) is 4.79 Å². The second kappa shape index (κ2) is 5.31. The molecule has 4 nitrogen and oxygen atoms in total. The normalized spacial score (nSPS) is 10.1. The van der Waals surface area contributed by atoms with Crippen LogP contribution in [0.2, 0.25) is 0 Å². The van der Waals surface area contributed by atoms with Gasteiger partial charge in [0.05, 0.1) is 5.56 Å². The molecule has 92 valence electrons. The van der Waals surface area contributed by atoms with Gasteiger partial charge in [-0.05, 0) is 42.3 Å². The molecule has 18 heavy (non-hydrogen) atoms. The fraction of sp³-hybridized carbons (Fsp3) is 0.143. The molecule has 1 aromatic carbocycles. The first-order chi connectivity index (χ1) is 8.68. The van der Waals surface area contributed by atoms with E-state index in [4.69, 9.17) is 10.5 Å². The Kier molecular flexibility index (Phi) is 3.57. The number of hydrogen-bond donors (Lipinski definition) is 1. The van der Waals surface area contributed by atoms with Gasteiger partial charge in [-0.1, -0.05) is 6.07 Å². The highest BCUT2D eigenvalue weighted by atomic mass is 16.5. The number of nitrogen functional groups attached to an aromatic ring is 1. The summed E-state index contributed by atoms with van der Waals surface area (Å²) in [5.41, 5.74) is 8.49. The summed E-state index contributed by atoms with van der Waals surface area (Å²) < 4.78 is 5.23. The van der Waals surface area contributed by atoms with Crippen LogP contribution in [0.4, 0.5) is 5.69 Å². The van der Waals surface area contributed by atoms with Gasteiger partial charge in [0.15, 0.2) is 0 Å². The van der Waals surface area contributed by atoms with Crippen molar-refractivity contribution in [3.63, 3.8) is 0 Å². The van der Waals surface area contributed by atoms with Gasteiger partial charge < -0.3 is 10.5 Å². The highest BCUT2D eigenvalue weighted by Crippen LogP contribution is 2.16. The van der Waals surface area contributed by atoms with Crippen LogP contribution in [0, 0.1) is 6.92 Å². The fourth-order valence-electron chi connectivity index (χ4n) is 1.58. The summed E-state index contributed by atoms with van der Waals surface area (Å²) >= 11 is 0. The molecule has 0 saturated heterocycles. The quantitative estimate of drug-likeness (QED) is 0.662. The van der Waals surface area contributed by atoms with E-state index >= 15 is 0 Å². The van der Waals surface area contributed by atoms with Gasteiger partial charge >= 0.3 is 5.97 Å². The van der Waals surface area contributed by atoms with E-state index in [-0.39, 0.29) is 12.6 Å². The molecular formula is C14H14N2O2. The van der Waals surface area contributed by atoms with Crippen molar-refractivity contribution in [2.24, 2.45) is 0 Å². The van der Waals surface area contributed by atoms with E-state index in [1.54, 1.807) is 49.6 Å². The Bertz CT molecular complexity index is 553. The molecule has 1 aromatic heterocycles. The molecule has 0 saturated carbocycles. The SMILES string of the molecule is Cc1c(N)cccc1C(=O)OCc1ccncc1. The lowest BCUT2D eigenvalue weighted by atomic mass is 10.1. The summed E-state index contributed by atoms with van der Waals surface area (Å²) in [6, 6.07) is 8.82. The maximum Gasteiger partial charge on any atom is 0.338 e. The molecule has 0 fully saturated rings. The van der Waals surface area contributed by atoms with Crippen LogP contribution in [-0.4, -0.2) is 11.0 Å². The van der Waals surface area contributed by atoms with Crippen molar-refractivity contribution in [2.75, 3.05) is 5.73 Å². The number of benzene rings is 1. The summed E-state index contributed by atoms with van der Waals surface area (Å²) in [7, 11) is 0. The zero-order chi connectivity index (χ0) is 13.0. The highest BCUT2D eigenvalue weighted by molar-refractivity contribution is 5.92.